The van der Waals surface area contributed by atoms with Gasteiger partial charge in [-0.1, -0.05) is 0 Å². The summed E-state index contributed by atoms with van der Waals surface area (Å²) in [5.41, 5.74) is -0.446. The van der Waals surface area contributed by atoms with Crippen molar-refractivity contribution in [1.29, 1.82) is 0 Å². The number of rotatable bonds is 2. The molecule has 0 radical (unpaired) electrons. The Morgan fingerprint density at radius 2 is 2.00 bits per heavy atom. The summed E-state index contributed by atoms with van der Waals surface area (Å²) in [7, 11) is 0. The smallest absolute Gasteiger partial charge is 0.410 e. The van der Waals surface area contributed by atoms with Crippen molar-refractivity contribution in [2.24, 2.45) is 0 Å². The fraction of sp³-hybridized carbons (Fsp3) is 0.938. The van der Waals surface area contributed by atoms with Crippen molar-refractivity contribution in [2.75, 3.05) is 32.8 Å². The van der Waals surface area contributed by atoms with Gasteiger partial charge in [-0.05, 0) is 41.5 Å². The van der Waals surface area contributed by atoms with E-state index in [0.29, 0.717) is 19.7 Å². The van der Waals surface area contributed by atoms with E-state index in [-0.39, 0.29) is 18.2 Å². The Kier molecular flexibility index (Phi) is 5.04. The highest BCUT2D eigenvalue weighted by Crippen LogP contribution is 2.24. The standard InChI is InChI=1S/C16H30N2O4/c1-12-9-18(14(19)22-15(2,3)4)8-7-17(12)10-13-11-20-16(5,6)21-13/h12-13H,7-11H2,1-6H3/t12-,13-/m0/s1. The van der Waals surface area contributed by atoms with E-state index in [1.54, 1.807) is 4.90 Å². The van der Waals surface area contributed by atoms with Crippen LogP contribution in [0.3, 0.4) is 0 Å². The maximum atomic E-state index is 12.1. The molecule has 2 fully saturated rings. The molecule has 0 N–H and O–H groups in total. The Balaban J connectivity index is 1.82. The molecule has 0 aromatic heterocycles. The van der Waals surface area contributed by atoms with E-state index >= 15 is 0 Å². The number of nitrogens with zero attached hydrogens (tertiary/aromatic N) is 2. The molecule has 6 nitrogen and oxygen atoms in total. The second kappa shape index (κ2) is 6.34. The molecule has 22 heavy (non-hydrogen) atoms. The number of amides is 1. The van der Waals surface area contributed by atoms with Gasteiger partial charge in [0, 0.05) is 32.2 Å². The van der Waals surface area contributed by atoms with E-state index in [1.165, 1.54) is 0 Å². The Labute approximate surface area is 133 Å². The first-order valence-corrected chi connectivity index (χ1v) is 8.09. The predicted molar refractivity (Wildman–Crippen MR) is 83.7 cm³/mol. The van der Waals surface area contributed by atoms with Gasteiger partial charge in [0.15, 0.2) is 5.79 Å². The van der Waals surface area contributed by atoms with Crippen LogP contribution < -0.4 is 0 Å². The van der Waals surface area contributed by atoms with Crippen LogP contribution in [0.2, 0.25) is 0 Å². The van der Waals surface area contributed by atoms with Crippen molar-refractivity contribution in [3.05, 3.63) is 0 Å². The van der Waals surface area contributed by atoms with Gasteiger partial charge in [0.2, 0.25) is 0 Å². The SMILES string of the molecule is C[C@H]1CN(C(=O)OC(C)(C)C)CCN1C[C@H]1COC(C)(C)O1. The number of ether oxygens (including phenoxy) is 3. The average Bonchev–Trinajstić information content (AvgIpc) is 2.69. The summed E-state index contributed by atoms with van der Waals surface area (Å²) in [5.74, 6) is -0.480. The lowest BCUT2D eigenvalue weighted by molar-refractivity contribution is -0.141. The summed E-state index contributed by atoms with van der Waals surface area (Å²) in [6, 6.07) is 0.286. The molecule has 0 saturated carbocycles. The summed E-state index contributed by atoms with van der Waals surface area (Å²) < 4.78 is 16.9. The summed E-state index contributed by atoms with van der Waals surface area (Å²) in [6.45, 7) is 15.4. The monoisotopic (exact) mass is 314 g/mol. The Morgan fingerprint density at radius 1 is 1.32 bits per heavy atom. The zero-order chi connectivity index (χ0) is 16.5. The van der Waals surface area contributed by atoms with Crippen LogP contribution in [-0.2, 0) is 14.2 Å². The zero-order valence-corrected chi connectivity index (χ0v) is 14.7. The Morgan fingerprint density at radius 3 is 2.50 bits per heavy atom. The molecule has 6 heteroatoms. The fourth-order valence-electron chi connectivity index (χ4n) is 2.87. The first kappa shape index (κ1) is 17.5. The van der Waals surface area contributed by atoms with E-state index < -0.39 is 11.4 Å². The molecule has 2 rings (SSSR count). The molecule has 0 unspecified atom stereocenters. The highest BCUT2D eigenvalue weighted by Gasteiger charge is 2.36. The second-order valence-electron chi connectivity index (χ2n) is 7.72. The second-order valence-corrected chi connectivity index (χ2v) is 7.72. The Hall–Kier alpha value is -0.850. The minimum Gasteiger partial charge on any atom is -0.444 e. The molecule has 2 aliphatic heterocycles. The van der Waals surface area contributed by atoms with Gasteiger partial charge in [-0.15, -0.1) is 0 Å². The lowest BCUT2D eigenvalue weighted by Crippen LogP contribution is -2.56. The van der Waals surface area contributed by atoms with E-state index in [4.69, 9.17) is 14.2 Å². The van der Waals surface area contributed by atoms with Gasteiger partial charge >= 0.3 is 6.09 Å². The van der Waals surface area contributed by atoms with Crippen molar-refractivity contribution in [3.8, 4) is 0 Å². The van der Waals surface area contributed by atoms with Crippen molar-refractivity contribution in [3.63, 3.8) is 0 Å². The van der Waals surface area contributed by atoms with Crippen LogP contribution in [0.1, 0.15) is 41.5 Å². The van der Waals surface area contributed by atoms with Gasteiger partial charge in [0.1, 0.15) is 5.60 Å². The maximum Gasteiger partial charge on any atom is 0.410 e. The summed E-state index contributed by atoms with van der Waals surface area (Å²) in [6.07, 6.45) is -0.119. The lowest BCUT2D eigenvalue weighted by atomic mass is 10.1. The predicted octanol–water partition coefficient (Wildman–Crippen LogP) is 2.08. The van der Waals surface area contributed by atoms with Crippen LogP contribution in [0.4, 0.5) is 4.79 Å². The molecular weight excluding hydrogens is 284 g/mol. The topological polar surface area (TPSA) is 51.2 Å². The maximum absolute atomic E-state index is 12.1. The molecule has 2 aliphatic rings. The molecule has 0 spiro atoms. The van der Waals surface area contributed by atoms with Crippen LogP contribution in [-0.4, -0.2) is 72.2 Å². The van der Waals surface area contributed by atoms with Gasteiger partial charge in [-0.25, -0.2) is 4.79 Å². The van der Waals surface area contributed by atoms with Crippen molar-refractivity contribution in [1.82, 2.24) is 9.80 Å². The molecule has 2 heterocycles. The first-order valence-electron chi connectivity index (χ1n) is 8.09. The largest absolute Gasteiger partial charge is 0.444 e. The van der Waals surface area contributed by atoms with Gasteiger partial charge in [0.25, 0.3) is 0 Å². The van der Waals surface area contributed by atoms with Gasteiger partial charge in [-0.2, -0.15) is 0 Å². The summed E-state index contributed by atoms with van der Waals surface area (Å²) in [5, 5.41) is 0. The first-order chi connectivity index (χ1) is 10.1. The molecule has 0 bridgehead atoms. The number of hydrogen-bond donors (Lipinski definition) is 0. The minimum absolute atomic E-state index is 0.102. The van der Waals surface area contributed by atoms with Crippen LogP contribution >= 0.6 is 0 Å². The number of carbonyl (C=O) groups is 1. The summed E-state index contributed by atoms with van der Waals surface area (Å²) >= 11 is 0. The highest BCUT2D eigenvalue weighted by atomic mass is 16.7. The van der Waals surface area contributed by atoms with Crippen molar-refractivity contribution in [2.45, 2.75) is 65.1 Å². The molecule has 0 aliphatic carbocycles. The molecule has 2 saturated heterocycles. The summed E-state index contributed by atoms with van der Waals surface area (Å²) in [4.78, 5) is 16.3. The van der Waals surface area contributed by atoms with E-state index in [0.717, 1.165) is 13.1 Å². The number of hydrogen-bond acceptors (Lipinski definition) is 5. The molecule has 2 atom stereocenters. The lowest BCUT2D eigenvalue weighted by Gasteiger charge is -2.40. The normalized spacial score (nSPS) is 29.6. The molecule has 0 aromatic carbocycles. The van der Waals surface area contributed by atoms with E-state index in [9.17, 15) is 4.79 Å². The average molecular weight is 314 g/mol. The van der Waals surface area contributed by atoms with E-state index in [2.05, 4.69) is 11.8 Å². The zero-order valence-electron chi connectivity index (χ0n) is 14.7. The van der Waals surface area contributed by atoms with Crippen LogP contribution in [0.15, 0.2) is 0 Å². The number of piperazine rings is 1. The Bertz CT molecular complexity index is 405. The van der Waals surface area contributed by atoms with Crippen molar-refractivity contribution < 1.29 is 19.0 Å². The van der Waals surface area contributed by atoms with Crippen LogP contribution in [0, 0.1) is 0 Å². The minimum atomic E-state index is -0.480. The third-order valence-electron chi connectivity index (χ3n) is 3.92. The van der Waals surface area contributed by atoms with Gasteiger partial charge < -0.3 is 19.1 Å². The van der Waals surface area contributed by atoms with Crippen molar-refractivity contribution >= 4 is 6.09 Å². The van der Waals surface area contributed by atoms with Gasteiger partial charge in [-0.3, -0.25) is 4.90 Å². The molecule has 0 aromatic rings. The number of carbonyl (C=O) groups excluding carboxylic acids is 1. The molecular formula is C16H30N2O4. The quantitative estimate of drug-likeness (QED) is 0.781. The third kappa shape index (κ3) is 4.83. The van der Waals surface area contributed by atoms with Gasteiger partial charge in [0.05, 0.1) is 12.7 Å². The van der Waals surface area contributed by atoms with Crippen LogP contribution in [0.5, 0.6) is 0 Å². The van der Waals surface area contributed by atoms with E-state index in [1.807, 2.05) is 34.6 Å². The third-order valence-corrected chi connectivity index (χ3v) is 3.92. The highest BCUT2D eigenvalue weighted by molar-refractivity contribution is 5.68. The molecule has 1 amide bonds. The fourth-order valence-corrected chi connectivity index (χ4v) is 2.87. The molecule has 128 valence electrons. The van der Waals surface area contributed by atoms with Crippen LogP contribution in [0.25, 0.3) is 0 Å².